The van der Waals surface area contributed by atoms with Gasteiger partial charge in [-0.3, -0.25) is 4.68 Å². The van der Waals surface area contributed by atoms with E-state index in [-0.39, 0.29) is 0 Å². The molecule has 6 nitrogen and oxygen atoms in total. The molecular formula is C16H19N3O3. The Morgan fingerprint density at radius 3 is 3.00 bits per heavy atom. The number of fused-ring (bicyclic) bond motifs is 1. The first-order chi connectivity index (χ1) is 10.8. The van der Waals surface area contributed by atoms with E-state index in [0.717, 1.165) is 34.8 Å². The molecule has 3 aromatic rings. The van der Waals surface area contributed by atoms with E-state index in [1.165, 1.54) is 0 Å². The van der Waals surface area contributed by atoms with Crippen molar-refractivity contribution in [1.82, 2.24) is 9.78 Å². The van der Waals surface area contributed by atoms with Gasteiger partial charge < -0.3 is 19.2 Å². The quantitative estimate of drug-likeness (QED) is 0.727. The molecule has 2 heterocycles. The lowest BCUT2D eigenvalue weighted by Gasteiger charge is -2.01. The van der Waals surface area contributed by atoms with Gasteiger partial charge in [0.05, 0.1) is 26.8 Å². The summed E-state index contributed by atoms with van der Waals surface area (Å²) in [5.74, 6) is 2.39. The summed E-state index contributed by atoms with van der Waals surface area (Å²) >= 11 is 0. The highest BCUT2D eigenvalue weighted by Gasteiger charge is 2.08. The zero-order valence-corrected chi connectivity index (χ0v) is 12.7. The topological polar surface area (TPSA) is 61.5 Å². The number of benzene rings is 1. The molecular weight excluding hydrogens is 282 g/mol. The van der Waals surface area contributed by atoms with Gasteiger partial charge in [-0.25, -0.2) is 0 Å². The van der Waals surface area contributed by atoms with Crippen molar-refractivity contribution < 1.29 is 13.9 Å². The minimum Gasteiger partial charge on any atom is -0.493 e. The summed E-state index contributed by atoms with van der Waals surface area (Å²) in [6, 6.07) is 9.78. The molecule has 0 atom stereocenters. The van der Waals surface area contributed by atoms with Gasteiger partial charge in [0.25, 0.3) is 0 Å². The highest BCUT2D eigenvalue weighted by molar-refractivity contribution is 5.83. The fourth-order valence-corrected chi connectivity index (χ4v) is 2.28. The van der Waals surface area contributed by atoms with Gasteiger partial charge in [-0.15, -0.1) is 0 Å². The van der Waals surface area contributed by atoms with Crippen molar-refractivity contribution in [2.45, 2.75) is 13.1 Å². The molecule has 0 fully saturated rings. The number of nitrogens with zero attached hydrogens (tertiary/aromatic N) is 2. The number of para-hydroxylation sites is 1. The van der Waals surface area contributed by atoms with Crippen molar-refractivity contribution in [2.24, 2.45) is 0 Å². The number of nitrogens with one attached hydrogen (secondary N) is 1. The minimum absolute atomic E-state index is 0.569. The van der Waals surface area contributed by atoms with Crippen LogP contribution in [0.4, 0.5) is 5.82 Å². The van der Waals surface area contributed by atoms with Gasteiger partial charge in [0.2, 0.25) is 0 Å². The summed E-state index contributed by atoms with van der Waals surface area (Å²) in [4.78, 5) is 0. The molecule has 0 aliphatic rings. The van der Waals surface area contributed by atoms with Crippen LogP contribution < -0.4 is 10.1 Å². The van der Waals surface area contributed by atoms with Crippen LogP contribution in [0.5, 0.6) is 5.75 Å². The van der Waals surface area contributed by atoms with E-state index < -0.39 is 0 Å². The average Bonchev–Trinajstić information content (AvgIpc) is 3.16. The van der Waals surface area contributed by atoms with Crippen molar-refractivity contribution in [3.63, 3.8) is 0 Å². The second-order valence-corrected chi connectivity index (χ2v) is 4.90. The number of rotatable bonds is 7. The van der Waals surface area contributed by atoms with Gasteiger partial charge in [-0.05, 0) is 12.1 Å². The van der Waals surface area contributed by atoms with Crippen LogP contribution >= 0.6 is 0 Å². The van der Waals surface area contributed by atoms with Crippen molar-refractivity contribution in [3.05, 3.63) is 42.3 Å². The highest BCUT2D eigenvalue weighted by atomic mass is 16.5. The second kappa shape index (κ2) is 6.53. The lowest BCUT2D eigenvalue weighted by atomic mass is 10.2. The third kappa shape index (κ3) is 3.07. The predicted octanol–water partition coefficient (Wildman–Crippen LogP) is 2.90. The smallest absolute Gasteiger partial charge is 0.176 e. The molecule has 6 heteroatoms. The Morgan fingerprint density at radius 1 is 1.27 bits per heavy atom. The van der Waals surface area contributed by atoms with E-state index >= 15 is 0 Å². The molecule has 0 radical (unpaired) electrons. The molecule has 0 amide bonds. The maximum absolute atomic E-state index is 5.84. The molecule has 22 heavy (non-hydrogen) atoms. The SMILES string of the molecule is COCCn1ccc(NCc2cc3cccc(OC)c3o2)n1. The molecule has 0 unspecified atom stereocenters. The van der Waals surface area contributed by atoms with Crippen LogP contribution in [-0.4, -0.2) is 30.6 Å². The number of anilines is 1. The Kier molecular flexibility index (Phi) is 4.29. The van der Waals surface area contributed by atoms with E-state index in [1.54, 1.807) is 14.2 Å². The number of hydrogen-bond acceptors (Lipinski definition) is 5. The highest BCUT2D eigenvalue weighted by Crippen LogP contribution is 2.28. The largest absolute Gasteiger partial charge is 0.493 e. The molecule has 3 rings (SSSR count). The Hall–Kier alpha value is -2.47. The predicted molar refractivity (Wildman–Crippen MR) is 84.2 cm³/mol. The monoisotopic (exact) mass is 301 g/mol. The van der Waals surface area contributed by atoms with E-state index in [9.17, 15) is 0 Å². The number of aromatic nitrogens is 2. The lowest BCUT2D eigenvalue weighted by molar-refractivity contribution is 0.183. The third-order valence-corrected chi connectivity index (χ3v) is 3.39. The molecule has 116 valence electrons. The third-order valence-electron chi connectivity index (χ3n) is 3.39. The molecule has 1 N–H and O–H groups in total. The van der Waals surface area contributed by atoms with Crippen LogP contribution in [0.15, 0.2) is 40.9 Å². The fourth-order valence-electron chi connectivity index (χ4n) is 2.28. The molecule has 2 aromatic heterocycles. The summed E-state index contributed by atoms with van der Waals surface area (Å²) in [5, 5.41) is 8.69. The van der Waals surface area contributed by atoms with Gasteiger partial charge >= 0.3 is 0 Å². The molecule has 0 spiro atoms. The van der Waals surface area contributed by atoms with Gasteiger partial charge in [0, 0.05) is 24.8 Å². The Balaban J connectivity index is 1.67. The molecule has 0 saturated carbocycles. The van der Waals surface area contributed by atoms with E-state index in [0.29, 0.717) is 13.2 Å². The minimum atomic E-state index is 0.569. The Morgan fingerprint density at radius 2 is 2.18 bits per heavy atom. The first-order valence-electron chi connectivity index (χ1n) is 7.12. The number of ether oxygens (including phenoxy) is 2. The van der Waals surface area contributed by atoms with Crippen LogP contribution in [0.25, 0.3) is 11.0 Å². The summed E-state index contributed by atoms with van der Waals surface area (Å²) in [5.41, 5.74) is 0.771. The average molecular weight is 301 g/mol. The lowest BCUT2D eigenvalue weighted by Crippen LogP contribution is -2.06. The van der Waals surface area contributed by atoms with Gasteiger partial charge in [-0.1, -0.05) is 12.1 Å². The van der Waals surface area contributed by atoms with Gasteiger partial charge in [0.1, 0.15) is 11.6 Å². The van der Waals surface area contributed by atoms with Crippen LogP contribution in [-0.2, 0) is 17.8 Å². The van der Waals surface area contributed by atoms with Gasteiger partial charge in [-0.2, -0.15) is 5.10 Å². The van der Waals surface area contributed by atoms with Gasteiger partial charge in [0.15, 0.2) is 11.3 Å². The van der Waals surface area contributed by atoms with Crippen LogP contribution in [0.3, 0.4) is 0 Å². The summed E-state index contributed by atoms with van der Waals surface area (Å²) in [6.45, 7) is 1.95. The molecule has 0 aliphatic carbocycles. The fraction of sp³-hybridized carbons (Fsp3) is 0.312. The van der Waals surface area contributed by atoms with E-state index in [1.807, 2.05) is 41.2 Å². The Bertz CT molecular complexity index is 748. The molecule has 0 bridgehead atoms. The number of hydrogen-bond donors (Lipinski definition) is 1. The maximum Gasteiger partial charge on any atom is 0.176 e. The van der Waals surface area contributed by atoms with Crippen molar-refractivity contribution in [1.29, 1.82) is 0 Å². The summed E-state index contributed by atoms with van der Waals surface area (Å²) < 4.78 is 18.0. The maximum atomic E-state index is 5.84. The summed E-state index contributed by atoms with van der Waals surface area (Å²) in [6.07, 6.45) is 1.92. The standard InChI is InChI=1S/C16H19N3O3/c1-20-9-8-19-7-6-15(18-19)17-11-13-10-12-4-3-5-14(21-2)16(12)22-13/h3-7,10H,8-9,11H2,1-2H3,(H,17,18). The van der Waals surface area contributed by atoms with Crippen molar-refractivity contribution >= 4 is 16.8 Å². The second-order valence-electron chi connectivity index (χ2n) is 4.90. The zero-order chi connectivity index (χ0) is 15.4. The van der Waals surface area contributed by atoms with E-state index in [4.69, 9.17) is 13.9 Å². The van der Waals surface area contributed by atoms with Crippen LogP contribution in [0, 0.1) is 0 Å². The van der Waals surface area contributed by atoms with E-state index in [2.05, 4.69) is 10.4 Å². The molecule has 0 aliphatic heterocycles. The normalized spacial score (nSPS) is 11.0. The molecule has 0 saturated heterocycles. The summed E-state index contributed by atoms with van der Waals surface area (Å²) in [7, 11) is 3.32. The molecule has 1 aromatic carbocycles. The number of methoxy groups -OCH3 is 2. The van der Waals surface area contributed by atoms with Crippen LogP contribution in [0.2, 0.25) is 0 Å². The van der Waals surface area contributed by atoms with Crippen LogP contribution in [0.1, 0.15) is 5.76 Å². The first-order valence-corrected chi connectivity index (χ1v) is 7.12. The first kappa shape index (κ1) is 14.5. The zero-order valence-electron chi connectivity index (χ0n) is 12.7. The Labute approximate surface area is 128 Å². The number of furan rings is 1. The van der Waals surface area contributed by atoms with Crippen molar-refractivity contribution in [2.75, 3.05) is 26.1 Å². The van der Waals surface area contributed by atoms with Crippen molar-refractivity contribution in [3.8, 4) is 5.75 Å².